The van der Waals surface area contributed by atoms with Crippen molar-refractivity contribution in [3.05, 3.63) is 29.5 Å². The van der Waals surface area contributed by atoms with Crippen molar-refractivity contribution in [1.82, 2.24) is 10.2 Å². The summed E-state index contributed by atoms with van der Waals surface area (Å²) in [5.41, 5.74) is 10.1. The number of nitrogens with zero attached hydrogens (tertiary/aromatic N) is 1. The van der Waals surface area contributed by atoms with Crippen LogP contribution >= 0.6 is 0 Å². The van der Waals surface area contributed by atoms with Crippen LogP contribution in [0.1, 0.15) is 25.3 Å². The van der Waals surface area contributed by atoms with Crippen LogP contribution in [0.15, 0.2) is 23.9 Å². The van der Waals surface area contributed by atoms with Gasteiger partial charge in [-0.2, -0.15) is 0 Å². The van der Waals surface area contributed by atoms with E-state index in [-0.39, 0.29) is 5.91 Å². The number of nitrogen functional groups attached to an aromatic ring is 1. The van der Waals surface area contributed by atoms with E-state index in [0.717, 1.165) is 48.5 Å². The zero-order chi connectivity index (χ0) is 15.0. The molecule has 0 radical (unpaired) electrons. The first kappa shape index (κ1) is 13.9. The average molecular weight is 286 g/mol. The normalized spacial score (nSPS) is 21.0. The van der Waals surface area contributed by atoms with Gasteiger partial charge in [0.05, 0.1) is 5.57 Å². The Morgan fingerprint density at radius 2 is 2.05 bits per heavy atom. The van der Waals surface area contributed by atoms with Crippen molar-refractivity contribution in [2.75, 3.05) is 31.2 Å². The molecule has 21 heavy (non-hydrogen) atoms. The van der Waals surface area contributed by atoms with Crippen molar-refractivity contribution in [3.63, 3.8) is 0 Å². The molecule has 1 aromatic carbocycles. The van der Waals surface area contributed by atoms with Gasteiger partial charge in [-0.3, -0.25) is 4.79 Å². The van der Waals surface area contributed by atoms with Gasteiger partial charge in [0.15, 0.2) is 0 Å². The lowest BCUT2D eigenvalue weighted by atomic mass is 10.0. The van der Waals surface area contributed by atoms with Gasteiger partial charge in [-0.05, 0) is 51.1 Å². The van der Waals surface area contributed by atoms with E-state index in [9.17, 15) is 4.79 Å². The maximum absolute atomic E-state index is 12.3. The molecule has 5 nitrogen and oxygen atoms in total. The molecule has 1 amide bonds. The van der Waals surface area contributed by atoms with Gasteiger partial charge in [0.25, 0.3) is 5.91 Å². The lowest BCUT2D eigenvalue weighted by molar-refractivity contribution is -0.110. The first-order valence-electron chi connectivity index (χ1n) is 7.43. The largest absolute Gasteiger partial charge is 0.399 e. The molecule has 1 saturated heterocycles. The van der Waals surface area contributed by atoms with Gasteiger partial charge in [-0.15, -0.1) is 0 Å². The molecule has 1 fully saturated rings. The first-order valence-corrected chi connectivity index (χ1v) is 7.43. The minimum Gasteiger partial charge on any atom is -0.399 e. The Kier molecular flexibility index (Phi) is 3.59. The molecule has 0 aromatic heterocycles. The van der Waals surface area contributed by atoms with Crippen molar-refractivity contribution in [2.45, 2.75) is 25.8 Å². The Morgan fingerprint density at radius 1 is 1.33 bits per heavy atom. The summed E-state index contributed by atoms with van der Waals surface area (Å²) in [4.78, 5) is 14.6. The summed E-state index contributed by atoms with van der Waals surface area (Å²) < 4.78 is 0. The van der Waals surface area contributed by atoms with E-state index < -0.39 is 0 Å². The van der Waals surface area contributed by atoms with Crippen molar-refractivity contribution in [2.24, 2.45) is 0 Å². The number of benzene rings is 1. The van der Waals surface area contributed by atoms with Gasteiger partial charge in [0.2, 0.25) is 0 Å². The molecule has 3 rings (SSSR count). The Balaban J connectivity index is 1.97. The highest BCUT2D eigenvalue weighted by atomic mass is 16.2. The maximum Gasteiger partial charge on any atom is 0.258 e. The molecule has 1 aromatic rings. The van der Waals surface area contributed by atoms with Crippen LogP contribution in [0.3, 0.4) is 0 Å². The molecule has 112 valence electrons. The summed E-state index contributed by atoms with van der Waals surface area (Å²) in [6.07, 6.45) is 2.21. The second kappa shape index (κ2) is 5.41. The number of fused-ring (bicyclic) bond motifs is 1. The number of allylic oxidation sites excluding steroid dienone is 1. The third-order valence-corrected chi connectivity index (χ3v) is 4.54. The van der Waals surface area contributed by atoms with Gasteiger partial charge >= 0.3 is 0 Å². The number of amides is 1. The third kappa shape index (κ3) is 2.49. The van der Waals surface area contributed by atoms with Gasteiger partial charge in [-0.1, -0.05) is 0 Å². The molecular formula is C16H22N4O. The Bertz CT molecular complexity index is 602. The fourth-order valence-corrected chi connectivity index (χ4v) is 3.19. The maximum atomic E-state index is 12.3. The molecular weight excluding hydrogens is 264 g/mol. The highest BCUT2D eigenvalue weighted by molar-refractivity contribution is 6.32. The first-order chi connectivity index (χ1) is 10.1. The number of piperidine rings is 1. The summed E-state index contributed by atoms with van der Waals surface area (Å²) in [5.74, 6) is -0.0334. The smallest absolute Gasteiger partial charge is 0.258 e. The lowest BCUT2D eigenvalue weighted by Gasteiger charge is -2.34. The van der Waals surface area contributed by atoms with Crippen LogP contribution in [-0.2, 0) is 4.79 Å². The molecule has 5 heteroatoms. The third-order valence-electron chi connectivity index (χ3n) is 4.54. The molecule has 2 aliphatic heterocycles. The number of carbonyl (C=O) groups is 1. The number of rotatable bonds is 2. The van der Waals surface area contributed by atoms with Crippen LogP contribution in [0.25, 0.3) is 5.57 Å². The molecule has 0 saturated carbocycles. The number of hydrogen-bond donors (Lipinski definition) is 3. The zero-order valence-electron chi connectivity index (χ0n) is 12.6. The predicted molar refractivity (Wildman–Crippen MR) is 85.7 cm³/mol. The highest BCUT2D eigenvalue weighted by Crippen LogP contribution is 2.36. The Hall–Kier alpha value is -2.01. The van der Waals surface area contributed by atoms with Crippen molar-refractivity contribution < 1.29 is 4.79 Å². The second-order valence-corrected chi connectivity index (χ2v) is 5.81. The SMILES string of the molecule is CC(=C1C(=O)Nc2ccc(N)cc21)N(C)C1CCNCC1. The summed E-state index contributed by atoms with van der Waals surface area (Å²) >= 11 is 0. The minimum absolute atomic E-state index is 0.0334. The number of nitrogens with one attached hydrogen (secondary N) is 2. The van der Waals surface area contributed by atoms with Crippen molar-refractivity contribution >= 4 is 22.9 Å². The number of anilines is 2. The lowest BCUT2D eigenvalue weighted by Crippen LogP contribution is -2.40. The van der Waals surface area contributed by atoms with Crippen LogP contribution in [0.2, 0.25) is 0 Å². The van der Waals surface area contributed by atoms with E-state index >= 15 is 0 Å². The van der Waals surface area contributed by atoms with E-state index in [1.807, 2.05) is 25.1 Å². The van der Waals surface area contributed by atoms with Gasteiger partial charge in [0, 0.05) is 35.7 Å². The van der Waals surface area contributed by atoms with E-state index in [4.69, 9.17) is 5.73 Å². The molecule has 0 bridgehead atoms. The fourth-order valence-electron chi connectivity index (χ4n) is 3.19. The summed E-state index contributed by atoms with van der Waals surface area (Å²) in [5, 5.41) is 6.29. The van der Waals surface area contributed by atoms with Gasteiger partial charge in [-0.25, -0.2) is 0 Å². The van der Waals surface area contributed by atoms with Crippen LogP contribution in [0.5, 0.6) is 0 Å². The van der Waals surface area contributed by atoms with Gasteiger partial charge < -0.3 is 21.3 Å². The number of hydrogen-bond acceptors (Lipinski definition) is 4. The minimum atomic E-state index is -0.0334. The van der Waals surface area contributed by atoms with Crippen LogP contribution in [0, 0.1) is 0 Å². The molecule has 0 aliphatic carbocycles. The molecule has 2 aliphatic rings. The van der Waals surface area contributed by atoms with E-state index in [1.165, 1.54) is 0 Å². The molecule has 0 spiro atoms. The quantitative estimate of drug-likeness (QED) is 0.571. The summed E-state index contributed by atoms with van der Waals surface area (Å²) in [6.45, 7) is 4.09. The standard InChI is InChI=1S/C16H22N4O/c1-10(20(2)12-5-7-18-8-6-12)15-13-9-11(17)3-4-14(13)19-16(15)21/h3-4,9,12,18H,5-8,17H2,1-2H3,(H,19,21). The average Bonchev–Trinajstić information content (AvgIpc) is 2.82. The molecule has 0 unspecified atom stereocenters. The summed E-state index contributed by atoms with van der Waals surface area (Å²) in [6, 6.07) is 6.04. The molecule has 2 heterocycles. The van der Waals surface area contributed by atoms with Crippen molar-refractivity contribution in [1.29, 1.82) is 0 Å². The second-order valence-electron chi connectivity index (χ2n) is 5.81. The van der Waals surface area contributed by atoms with Gasteiger partial charge in [0.1, 0.15) is 0 Å². The van der Waals surface area contributed by atoms with Crippen LogP contribution in [0.4, 0.5) is 11.4 Å². The van der Waals surface area contributed by atoms with Crippen LogP contribution in [-0.4, -0.2) is 37.0 Å². The zero-order valence-corrected chi connectivity index (χ0v) is 12.6. The van der Waals surface area contributed by atoms with E-state index in [1.54, 1.807) is 0 Å². The topological polar surface area (TPSA) is 70.4 Å². The van der Waals surface area contributed by atoms with Crippen molar-refractivity contribution in [3.8, 4) is 0 Å². The summed E-state index contributed by atoms with van der Waals surface area (Å²) in [7, 11) is 2.08. The number of nitrogens with two attached hydrogens (primary N) is 1. The van der Waals surface area contributed by atoms with E-state index in [0.29, 0.717) is 11.7 Å². The Labute approximate surface area is 125 Å². The monoisotopic (exact) mass is 286 g/mol. The highest BCUT2D eigenvalue weighted by Gasteiger charge is 2.29. The Morgan fingerprint density at radius 3 is 2.76 bits per heavy atom. The molecule has 0 atom stereocenters. The van der Waals surface area contributed by atoms with E-state index in [2.05, 4.69) is 22.6 Å². The molecule has 4 N–H and O–H groups in total. The fraction of sp³-hybridized carbons (Fsp3) is 0.438. The predicted octanol–water partition coefficient (Wildman–Crippen LogP) is 1.64. The van der Waals surface area contributed by atoms with Crippen LogP contribution < -0.4 is 16.4 Å². The number of carbonyl (C=O) groups excluding carboxylic acids is 1.